The minimum absolute atomic E-state index is 0.00681. The molecule has 1 atom stereocenters. The summed E-state index contributed by atoms with van der Waals surface area (Å²) in [7, 11) is 0. The summed E-state index contributed by atoms with van der Waals surface area (Å²) in [5, 5.41) is 2.88. The summed E-state index contributed by atoms with van der Waals surface area (Å²) in [4.78, 5) is 2.36. The van der Waals surface area contributed by atoms with E-state index in [0.717, 1.165) is 11.3 Å². The van der Waals surface area contributed by atoms with E-state index in [4.69, 9.17) is 0 Å². The van der Waals surface area contributed by atoms with Gasteiger partial charge in [0.15, 0.2) is 0 Å². The Hall–Kier alpha value is -0.550. The fourth-order valence-corrected chi connectivity index (χ4v) is 2.33. The topological polar surface area (TPSA) is 12.0 Å². The number of rotatable bonds is 5. The molecule has 0 amide bonds. The van der Waals surface area contributed by atoms with Gasteiger partial charge < -0.3 is 5.32 Å². The van der Waals surface area contributed by atoms with Crippen molar-refractivity contribution in [3.63, 3.8) is 0 Å². The molecule has 1 N–H and O–H groups in total. The van der Waals surface area contributed by atoms with Gasteiger partial charge in [0.2, 0.25) is 0 Å². The molecule has 0 spiro atoms. The van der Waals surface area contributed by atoms with Gasteiger partial charge in [-0.15, -0.1) is 11.3 Å². The first-order chi connectivity index (χ1) is 7.42. The predicted molar refractivity (Wildman–Crippen MR) is 60.8 cm³/mol. The first-order valence-electron chi connectivity index (χ1n) is 5.31. The SMILES string of the molecule is CCc1ccc(C(C)NCCC(F)(F)F)s1. The number of nitrogens with one attached hydrogen (secondary N) is 1. The maximum atomic E-state index is 11.9. The van der Waals surface area contributed by atoms with E-state index in [1.165, 1.54) is 4.88 Å². The van der Waals surface area contributed by atoms with E-state index in [2.05, 4.69) is 12.2 Å². The largest absolute Gasteiger partial charge is 0.390 e. The second-order valence-corrected chi connectivity index (χ2v) is 4.90. The standard InChI is InChI=1S/C11H16F3NS/c1-3-9-4-5-10(16-9)8(2)15-7-6-11(12,13)14/h4-5,8,15H,3,6-7H2,1-2H3. The summed E-state index contributed by atoms with van der Waals surface area (Å²) in [5.74, 6) is 0. The van der Waals surface area contributed by atoms with Gasteiger partial charge in [-0.3, -0.25) is 0 Å². The molecule has 92 valence electrons. The molecular weight excluding hydrogens is 235 g/mol. The van der Waals surface area contributed by atoms with Gasteiger partial charge in [0, 0.05) is 22.3 Å². The molecular formula is C11H16F3NS. The highest BCUT2D eigenvalue weighted by Gasteiger charge is 2.26. The normalized spacial score (nSPS) is 14.1. The number of aryl methyl sites for hydroxylation is 1. The molecule has 0 saturated heterocycles. The summed E-state index contributed by atoms with van der Waals surface area (Å²) in [5.41, 5.74) is 0. The van der Waals surface area contributed by atoms with E-state index in [1.807, 2.05) is 19.1 Å². The average molecular weight is 251 g/mol. The van der Waals surface area contributed by atoms with E-state index in [0.29, 0.717) is 0 Å². The molecule has 1 aromatic heterocycles. The lowest BCUT2D eigenvalue weighted by atomic mass is 10.2. The smallest absolute Gasteiger partial charge is 0.309 e. The third kappa shape index (κ3) is 4.53. The summed E-state index contributed by atoms with van der Waals surface area (Å²) in [6.07, 6.45) is -3.87. The molecule has 1 heterocycles. The van der Waals surface area contributed by atoms with Crippen molar-refractivity contribution < 1.29 is 13.2 Å². The Kier molecular flexibility index (Phi) is 4.80. The minimum Gasteiger partial charge on any atom is -0.309 e. The fraction of sp³-hybridized carbons (Fsp3) is 0.636. The molecule has 0 aliphatic carbocycles. The molecule has 0 fully saturated rings. The van der Waals surface area contributed by atoms with Crippen LogP contribution in [-0.2, 0) is 6.42 Å². The number of hydrogen-bond donors (Lipinski definition) is 1. The van der Waals surface area contributed by atoms with E-state index in [9.17, 15) is 13.2 Å². The molecule has 1 aromatic rings. The Labute approximate surface area is 97.7 Å². The van der Waals surface area contributed by atoms with E-state index < -0.39 is 12.6 Å². The molecule has 0 aliphatic heterocycles. The van der Waals surface area contributed by atoms with Crippen molar-refractivity contribution in [2.24, 2.45) is 0 Å². The van der Waals surface area contributed by atoms with Crippen molar-refractivity contribution >= 4 is 11.3 Å². The van der Waals surface area contributed by atoms with Crippen LogP contribution in [-0.4, -0.2) is 12.7 Å². The Morgan fingerprint density at radius 3 is 2.56 bits per heavy atom. The van der Waals surface area contributed by atoms with Crippen LogP contribution in [0.3, 0.4) is 0 Å². The van der Waals surface area contributed by atoms with E-state index >= 15 is 0 Å². The van der Waals surface area contributed by atoms with Crippen LogP contribution >= 0.6 is 11.3 Å². The molecule has 5 heteroatoms. The summed E-state index contributed by atoms with van der Waals surface area (Å²) >= 11 is 1.66. The monoisotopic (exact) mass is 251 g/mol. The van der Waals surface area contributed by atoms with Crippen LogP contribution in [0.2, 0.25) is 0 Å². The van der Waals surface area contributed by atoms with Gasteiger partial charge in [0.1, 0.15) is 0 Å². The van der Waals surface area contributed by atoms with Crippen LogP contribution in [0.1, 0.15) is 36.1 Å². The summed E-state index contributed by atoms with van der Waals surface area (Å²) in [6.45, 7) is 3.93. The highest BCUT2D eigenvalue weighted by atomic mass is 32.1. The van der Waals surface area contributed by atoms with E-state index in [-0.39, 0.29) is 12.6 Å². The third-order valence-corrected chi connectivity index (χ3v) is 3.73. The lowest BCUT2D eigenvalue weighted by Gasteiger charge is -2.13. The quantitative estimate of drug-likeness (QED) is 0.836. The average Bonchev–Trinajstić information content (AvgIpc) is 2.63. The number of hydrogen-bond acceptors (Lipinski definition) is 2. The summed E-state index contributed by atoms with van der Waals surface area (Å²) < 4.78 is 35.8. The zero-order chi connectivity index (χ0) is 12.2. The highest BCUT2D eigenvalue weighted by molar-refractivity contribution is 7.12. The molecule has 1 rings (SSSR count). The molecule has 16 heavy (non-hydrogen) atoms. The van der Waals surface area contributed by atoms with Crippen LogP contribution in [0.5, 0.6) is 0 Å². The molecule has 0 aromatic carbocycles. The Balaban J connectivity index is 2.37. The van der Waals surface area contributed by atoms with Gasteiger partial charge in [0.05, 0.1) is 6.42 Å². The van der Waals surface area contributed by atoms with Gasteiger partial charge in [0.25, 0.3) is 0 Å². The molecule has 0 radical (unpaired) electrons. The van der Waals surface area contributed by atoms with E-state index in [1.54, 1.807) is 11.3 Å². The Morgan fingerprint density at radius 1 is 1.38 bits per heavy atom. The van der Waals surface area contributed by atoms with Crippen LogP contribution in [0.4, 0.5) is 13.2 Å². The lowest BCUT2D eigenvalue weighted by Crippen LogP contribution is -2.23. The second kappa shape index (κ2) is 5.68. The number of halogens is 3. The lowest BCUT2D eigenvalue weighted by molar-refractivity contribution is -0.133. The van der Waals surface area contributed by atoms with Crippen LogP contribution in [0.15, 0.2) is 12.1 Å². The molecule has 0 aliphatic rings. The maximum Gasteiger partial charge on any atom is 0.390 e. The fourth-order valence-electron chi connectivity index (χ4n) is 1.35. The van der Waals surface area contributed by atoms with Gasteiger partial charge in [-0.2, -0.15) is 13.2 Å². The third-order valence-electron chi connectivity index (χ3n) is 2.32. The number of thiophene rings is 1. The molecule has 0 bridgehead atoms. The first kappa shape index (κ1) is 13.5. The van der Waals surface area contributed by atoms with Gasteiger partial charge in [-0.25, -0.2) is 0 Å². The second-order valence-electron chi connectivity index (χ2n) is 3.70. The van der Waals surface area contributed by atoms with Crippen LogP contribution in [0, 0.1) is 0 Å². The van der Waals surface area contributed by atoms with Crippen molar-refractivity contribution in [1.29, 1.82) is 0 Å². The summed E-state index contributed by atoms with van der Waals surface area (Å²) in [6, 6.07) is 4.00. The zero-order valence-corrected chi connectivity index (χ0v) is 10.2. The van der Waals surface area contributed by atoms with Crippen molar-refractivity contribution in [3.05, 3.63) is 21.9 Å². The highest BCUT2D eigenvalue weighted by Crippen LogP contribution is 2.24. The maximum absolute atomic E-state index is 11.9. The first-order valence-corrected chi connectivity index (χ1v) is 6.12. The molecule has 1 unspecified atom stereocenters. The minimum atomic E-state index is -4.07. The van der Waals surface area contributed by atoms with Crippen LogP contribution in [0.25, 0.3) is 0 Å². The number of alkyl halides is 3. The Bertz CT molecular complexity index is 319. The molecule has 1 nitrogen and oxygen atoms in total. The zero-order valence-electron chi connectivity index (χ0n) is 9.40. The van der Waals surface area contributed by atoms with Crippen molar-refractivity contribution in [1.82, 2.24) is 5.32 Å². The van der Waals surface area contributed by atoms with Gasteiger partial charge in [-0.1, -0.05) is 6.92 Å². The van der Waals surface area contributed by atoms with Crippen molar-refractivity contribution in [3.8, 4) is 0 Å². The van der Waals surface area contributed by atoms with Gasteiger partial charge in [-0.05, 0) is 25.5 Å². The molecule has 0 saturated carbocycles. The van der Waals surface area contributed by atoms with Crippen LogP contribution < -0.4 is 5.32 Å². The Morgan fingerprint density at radius 2 is 2.06 bits per heavy atom. The predicted octanol–water partition coefficient (Wildman–Crippen LogP) is 3.91. The van der Waals surface area contributed by atoms with Crippen molar-refractivity contribution in [2.45, 2.75) is 38.9 Å². The van der Waals surface area contributed by atoms with Crippen molar-refractivity contribution in [2.75, 3.05) is 6.54 Å². The van der Waals surface area contributed by atoms with Gasteiger partial charge >= 0.3 is 6.18 Å².